The number of hydrogen-bond donors (Lipinski definition) is 1. The first kappa shape index (κ1) is 17.9. The molecule has 0 aliphatic rings. The number of benzene rings is 2. The second-order valence-corrected chi connectivity index (χ2v) is 6.45. The van der Waals surface area contributed by atoms with E-state index >= 15 is 0 Å². The minimum absolute atomic E-state index is 0.188. The number of aryl methyl sites for hydroxylation is 1. The molecular weight excluding hydrogens is 356 g/mol. The molecule has 0 atom stereocenters. The summed E-state index contributed by atoms with van der Waals surface area (Å²) in [5, 5.41) is 15.2. The molecule has 4 rings (SSSR count). The fourth-order valence-electron chi connectivity index (χ4n) is 3.18. The first-order valence-electron chi connectivity index (χ1n) is 8.89. The van der Waals surface area contributed by atoms with Gasteiger partial charge >= 0.3 is 0 Å². The summed E-state index contributed by atoms with van der Waals surface area (Å²) in [6, 6.07) is 13.3. The van der Waals surface area contributed by atoms with E-state index in [4.69, 9.17) is 4.74 Å². The molecule has 4 aromatic rings. The Bertz CT molecular complexity index is 1120. The van der Waals surface area contributed by atoms with Crippen LogP contribution >= 0.6 is 0 Å². The summed E-state index contributed by atoms with van der Waals surface area (Å²) in [6.45, 7) is 3.33. The molecule has 1 amide bonds. The summed E-state index contributed by atoms with van der Waals surface area (Å²) in [5.74, 6) is -0.188. The highest BCUT2D eigenvalue weighted by Gasteiger charge is 2.13. The zero-order valence-electron chi connectivity index (χ0n) is 15.7. The molecule has 28 heavy (non-hydrogen) atoms. The summed E-state index contributed by atoms with van der Waals surface area (Å²) >= 11 is 0. The van der Waals surface area contributed by atoms with E-state index < -0.39 is 0 Å². The molecule has 0 bridgehead atoms. The Morgan fingerprint density at radius 1 is 1.21 bits per heavy atom. The number of methoxy groups -OCH3 is 1. The fourth-order valence-corrected chi connectivity index (χ4v) is 3.18. The molecule has 2 heterocycles. The third kappa shape index (κ3) is 3.37. The van der Waals surface area contributed by atoms with E-state index in [9.17, 15) is 4.79 Å². The Morgan fingerprint density at radius 3 is 2.89 bits per heavy atom. The zero-order chi connectivity index (χ0) is 19.5. The second kappa shape index (κ2) is 7.61. The van der Waals surface area contributed by atoms with Crippen LogP contribution in [0.15, 0.2) is 55.0 Å². The number of rotatable bonds is 6. The zero-order valence-corrected chi connectivity index (χ0v) is 15.7. The first-order chi connectivity index (χ1) is 13.7. The lowest BCUT2D eigenvalue weighted by molar-refractivity contribution is 0.102. The van der Waals surface area contributed by atoms with E-state index in [1.54, 1.807) is 23.9 Å². The largest absolute Gasteiger partial charge is 0.383 e. The number of aromatic nitrogens is 5. The maximum Gasteiger partial charge on any atom is 0.255 e. The van der Waals surface area contributed by atoms with Gasteiger partial charge in [-0.15, -0.1) is 5.10 Å². The van der Waals surface area contributed by atoms with Crippen molar-refractivity contribution in [1.82, 2.24) is 24.8 Å². The quantitative estimate of drug-likeness (QED) is 0.559. The number of fused-ring (bicyclic) bond motifs is 1. The van der Waals surface area contributed by atoms with E-state index in [2.05, 4.69) is 25.4 Å². The Hall–Kier alpha value is -3.52. The summed E-state index contributed by atoms with van der Waals surface area (Å²) in [4.78, 5) is 12.9. The summed E-state index contributed by atoms with van der Waals surface area (Å²) in [6.07, 6.45) is 3.51. The molecule has 0 saturated carbocycles. The Morgan fingerprint density at radius 2 is 2.11 bits per heavy atom. The van der Waals surface area contributed by atoms with Crippen molar-refractivity contribution < 1.29 is 9.53 Å². The molecule has 0 aliphatic carbocycles. The van der Waals surface area contributed by atoms with E-state index in [0.29, 0.717) is 12.2 Å². The second-order valence-electron chi connectivity index (χ2n) is 6.45. The van der Waals surface area contributed by atoms with Gasteiger partial charge < -0.3 is 14.6 Å². The smallest absolute Gasteiger partial charge is 0.255 e. The number of anilines is 1. The Labute approximate surface area is 161 Å². The molecule has 0 radical (unpaired) electrons. The van der Waals surface area contributed by atoms with Gasteiger partial charge in [-0.05, 0) is 53.2 Å². The van der Waals surface area contributed by atoms with Crippen molar-refractivity contribution in [3.8, 4) is 5.69 Å². The van der Waals surface area contributed by atoms with Gasteiger partial charge in [0.15, 0.2) is 0 Å². The fraction of sp³-hybridized carbons (Fsp3) is 0.200. The minimum atomic E-state index is -0.188. The van der Waals surface area contributed by atoms with Gasteiger partial charge in [-0.3, -0.25) is 4.79 Å². The van der Waals surface area contributed by atoms with Crippen LogP contribution in [-0.4, -0.2) is 44.4 Å². The van der Waals surface area contributed by atoms with Crippen LogP contribution in [0.4, 0.5) is 5.69 Å². The van der Waals surface area contributed by atoms with E-state index in [1.807, 2.05) is 43.5 Å². The molecule has 2 aromatic heterocycles. The number of amides is 1. The maximum absolute atomic E-state index is 12.9. The maximum atomic E-state index is 12.9. The lowest BCUT2D eigenvalue weighted by Crippen LogP contribution is -2.13. The van der Waals surface area contributed by atoms with Gasteiger partial charge in [-0.25, -0.2) is 4.68 Å². The average Bonchev–Trinajstić information content (AvgIpc) is 3.37. The summed E-state index contributed by atoms with van der Waals surface area (Å²) in [5.41, 5.74) is 4.09. The van der Waals surface area contributed by atoms with Crippen LogP contribution in [0.3, 0.4) is 0 Å². The molecule has 8 heteroatoms. The van der Waals surface area contributed by atoms with Crippen molar-refractivity contribution in [3.05, 3.63) is 66.1 Å². The van der Waals surface area contributed by atoms with E-state index in [-0.39, 0.29) is 5.91 Å². The lowest BCUT2D eigenvalue weighted by atomic mass is 10.1. The SMILES string of the molecule is COCCn1ccc2c(NC(=O)c3ccc(C)c(-n4cnnn4)c3)cccc21. The molecule has 0 saturated heterocycles. The highest BCUT2D eigenvalue weighted by atomic mass is 16.5. The van der Waals surface area contributed by atoms with Gasteiger partial charge in [-0.1, -0.05) is 12.1 Å². The number of nitrogens with one attached hydrogen (secondary N) is 1. The van der Waals surface area contributed by atoms with Crippen molar-refractivity contribution in [2.45, 2.75) is 13.5 Å². The van der Waals surface area contributed by atoms with Gasteiger partial charge in [-0.2, -0.15) is 0 Å². The number of carbonyl (C=O) groups excluding carboxylic acids is 1. The van der Waals surface area contributed by atoms with Crippen molar-refractivity contribution in [2.75, 3.05) is 19.0 Å². The molecule has 1 N–H and O–H groups in total. The molecule has 142 valence electrons. The monoisotopic (exact) mass is 376 g/mol. The highest BCUT2D eigenvalue weighted by molar-refractivity contribution is 6.09. The average molecular weight is 376 g/mol. The van der Waals surface area contributed by atoms with Gasteiger partial charge in [0.2, 0.25) is 0 Å². The molecule has 0 unspecified atom stereocenters. The predicted molar refractivity (Wildman–Crippen MR) is 106 cm³/mol. The third-order valence-corrected chi connectivity index (χ3v) is 4.67. The van der Waals surface area contributed by atoms with Gasteiger partial charge in [0, 0.05) is 30.8 Å². The number of hydrogen-bond acceptors (Lipinski definition) is 5. The summed E-state index contributed by atoms with van der Waals surface area (Å²) in [7, 11) is 1.68. The van der Waals surface area contributed by atoms with Crippen LogP contribution < -0.4 is 5.32 Å². The first-order valence-corrected chi connectivity index (χ1v) is 8.89. The molecule has 0 spiro atoms. The molecular formula is C20H20N6O2. The number of tetrazole rings is 1. The minimum Gasteiger partial charge on any atom is -0.383 e. The molecule has 0 fully saturated rings. The van der Waals surface area contributed by atoms with Crippen molar-refractivity contribution in [3.63, 3.8) is 0 Å². The normalized spacial score (nSPS) is 11.1. The molecule has 0 aliphatic heterocycles. The number of carbonyl (C=O) groups is 1. The molecule has 2 aromatic carbocycles. The molecule has 8 nitrogen and oxygen atoms in total. The van der Waals surface area contributed by atoms with Crippen LogP contribution in [0.1, 0.15) is 15.9 Å². The van der Waals surface area contributed by atoms with E-state index in [0.717, 1.165) is 34.4 Å². The van der Waals surface area contributed by atoms with Crippen LogP contribution in [0.5, 0.6) is 0 Å². The van der Waals surface area contributed by atoms with Crippen molar-refractivity contribution in [2.24, 2.45) is 0 Å². The van der Waals surface area contributed by atoms with Gasteiger partial charge in [0.05, 0.1) is 23.5 Å². The summed E-state index contributed by atoms with van der Waals surface area (Å²) < 4.78 is 8.81. The number of ether oxygens (including phenoxy) is 1. The Balaban J connectivity index is 1.62. The standard InChI is InChI=1S/C20H20N6O2/c1-14-6-7-15(12-19(14)26-13-21-23-24-26)20(27)22-17-4-3-5-18-16(17)8-9-25(18)10-11-28-2/h3-9,12-13H,10-11H2,1-2H3,(H,22,27). The Kier molecular flexibility index (Phi) is 4.86. The van der Waals surface area contributed by atoms with E-state index in [1.165, 1.54) is 6.33 Å². The lowest BCUT2D eigenvalue weighted by Gasteiger charge is -2.10. The van der Waals surface area contributed by atoms with Crippen LogP contribution in [0.2, 0.25) is 0 Å². The van der Waals surface area contributed by atoms with Crippen molar-refractivity contribution >= 4 is 22.5 Å². The third-order valence-electron chi connectivity index (χ3n) is 4.67. The van der Waals surface area contributed by atoms with Gasteiger partial charge in [0.1, 0.15) is 6.33 Å². The topological polar surface area (TPSA) is 86.9 Å². The number of nitrogens with zero attached hydrogens (tertiary/aromatic N) is 5. The van der Waals surface area contributed by atoms with Crippen LogP contribution in [-0.2, 0) is 11.3 Å². The van der Waals surface area contributed by atoms with Crippen LogP contribution in [0, 0.1) is 6.92 Å². The van der Waals surface area contributed by atoms with Gasteiger partial charge in [0.25, 0.3) is 5.91 Å². The predicted octanol–water partition coefficient (Wildman–Crippen LogP) is 2.82. The van der Waals surface area contributed by atoms with Crippen molar-refractivity contribution in [1.29, 1.82) is 0 Å². The van der Waals surface area contributed by atoms with Crippen LogP contribution in [0.25, 0.3) is 16.6 Å². The highest BCUT2D eigenvalue weighted by Crippen LogP contribution is 2.25.